The van der Waals surface area contributed by atoms with Gasteiger partial charge in [-0.25, -0.2) is 0 Å². The lowest BCUT2D eigenvalue weighted by Gasteiger charge is -2.11. The molecule has 0 radical (unpaired) electrons. The molecular formula is C13H8Br2ClNO3. The zero-order valence-corrected chi connectivity index (χ0v) is 13.9. The third-order valence-corrected chi connectivity index (χ3v) is 3.92. The molecule has 104 valence electrons. The van der Waals surface area contributed by atoms with Crippen molar-refractivity contribution < 1.29 is 9.66 Å². The van der Waals surface area contributed by atoms with Gasteiger partial charge < -0.3 is 4.74 Å². The van der Waals surface area contributed by atoms with Crippen LogP contribution >= 0.6 is 43.5 Å². The number of alkyl halides is 1. The fourth-order valence-electron chi connectivity index (χ4n) is 1.60. The summed E-state index contributed by atoms with van der Waals surface area (Å²) in [6, 6.07) is 9.90. The minimum Gasteiger partial charge on any atom is -0.448 e. The van der Waals surface area contributed by atoms with Gasteiger partial charge in [0.25, 0.3) is 0 Å². The zero-order chi connectivity index (χ0) is 14.7. The molecule has 2 rings (SSSR count). The molecule has 0 fully saturated rings. The number of ether oxygens (including phenoxy) is 1. The molecule has 0 saturated heterocycles. The van der Waals surface area contributed by atoms with Crippen molar-refractivity contribution in [2.45, 2.75) is 5.33 Å². The standard InChI is InChI=1S/C13H8Br2ClNO3/c14-7-8-2-1-3-10(16)13(8)20-12-5-4-9(15)6-11(12)17(18)19/h1-6H,7H2. The van der Waals surface area contributed by atoms with Crippen molar-refractivity contribution in [2.24, 2.45) is 0 Å². The van der Waals surface area contributed by atoms with E-state index in [0.29, 0.717) is 20.6 Å². The molecular weight excluding hydrogens is 413 g/mol. The molecule has 0 unspecified atom stereocenters. The smallest absolute Gasteiger partial charge is 0.312 e. The number of halogens is 3. The van der Waals surface area contributed by atoms with Gasteiger partial charge >= 0.3 is 5.69 Å². The first kappa shape index (κ1) is 15.3. The van der Waals surface area contributed by atoms with Crippen LogP contribution in [-0.2, 0) is 5.33 Å². The van der Waals surface area contributed by atoms with E-state index in [2.05, 4.69) is 31.9 Å². The molecule has 0 aliphatic rings. The molecule has 0 atom stereocenters. The summed E-state index contributed by atoms with van der Waals surface area (Å²) in [6.45, 7) is 0. The summed E-state index contributed by atoms with van der Waals surface area (Å²) in [5.41, 5.74) is 0.689. The van der Waals surface area contributed by atoms with Gasteiger partial charge in [-0.2, -0.15) is 0 Å². The number of hydrogen-bond donors (Lipinski definition) is 0. The van der Waals surface area contributed by atoms with Crippen LogP contribution in [0.3, 0.4) is 0 Å². The van der Waals surface area contributed by atoms with Crippen molar-refractivity contribution in [3.05, 3.63) is 61.6 Å². The maximum Gasteiger partial charge on any atom is 0.312 e. The van der Waals surface area contributed by atoms with E-state index >= 15 is 0 Å². The second-order valence-electron chi connectivity index (χ2n) is 3.83. The normalized spacial score (nSPS) is 10.3. The molecule has 2 aromatic carbocycles. The highest BCUT2D eigenvalue weighted by Gasteiger charge is 2.18. The van der Waals surface area contributed by atoms with E-state index in [4.69, 9.17) is 16.3 Å². The van der Waals surface area contributed by atoms with Crippen molar-refractivity contribution in [1.82, 2.24) is 0 Å². The minimum absolute atomic E-state index is 0.125. The summed E-state index contributed by atoms with van der Waals surface area (Å²) in [5, 5.41) is 12.0. The molecule has 0 aliphatic carbocycles. The molecule has 0 aromatic heterocycles. The van der Waals surface area contributed by atoms with E-state index in [9.17, 15) is 10.1 Å². The Morgan fingerprint density at radius 1 is 1.30 bits per heavy atom. The second-order valence-corrected chi connectivity index (χ2v) is 5.72. The zero-order valence-electron chi connectivity index (χ0n) is 9.98. The van der Waals surface area contributed by atoms with E-state index in [0.717, 1.165) is 5.56 Å². The Labute approximate surface area is 137 Å². The van der Waals surface area contributed by atoms with Gasteiger partial charge in [-0.1, -0.05) is 55.6 Å². The van der Waals surface area contributed by atoms with Crippen LogP contribution in [0.4, 0.5) is 5.69 Å². The van der Waals surface area contributed by atoms with E-state index in [1.807, 2.05) is 6.07 Å². The second kappa shape index (κ2) is 6.56. The molecule has 0 aliphatic heterocycles. The third kappa shape index (κ3) is 3.31. The Kier molecular flexibility index (Phi) is 5.01. The Bertz CT molecular complexity index is 664. The lowest BCUT2D eigenvalue weighted by molar-refractivity contribution is -0.385. The van der Waals surface area contributed by atoms with Gasteiger partial charge in [-0.15, -0.1) is 0 Å². The molecule has 0 heterocycles. The van der Waals surface area contributed by atoms with Crippen LogP contribution in [0.5, 0.6) is 11.5 Å². The first-order chi connectivity index (χ1) is 9.52. The number of nitrogens with zero attached hydrogens (tertiary/aromatic N) is 1. The summed E-state index contributed by atoms with van der Waals surface area (Å²) in [5.74, 6) is 0.560. The molecule has 0 bridgehead atoms. The van der Waals surface area contributed by atoms with Gasteiger partial charge in [0.05, 0.1) is 9.95 Å². The minimum atomic E-state index is -0.495. The molecule has 0 spiro atoms. The van der Waals surface area contributed by atoms with Gasteiger partial charge in [0, 0.05) is 21.4 Å². The van der Waals surface area contributed by atoms with Gasteiger partial charge in [0.1, 0.15) is 5.75 Å². The first-order valence-corrected chi connectivity index (χ1v) is 7.77. The number of nitro benzene ring substituents is 1. The van der Waals surface area contributed by atoms with E-state index in [1.54, 1.807) is 18.2 Å². The highest BCUT2D eigenvalue weighted by atomic mass is 79.9. The van der Waals surface area contributed by atoms with Crippen LogP contribution in [0.15, 0.2) is 40.9 Å². The topological polar surface area (TPSA) is 52.4 Å². The van der Waals surface area contributed by atoms with Crippen molar-refractivity contribution in [2.75, 3.05) is 0 Å². The lowest BCUT2D eigenvalue weighted by Crippen LogP contribution is -1.96. The lowest BCUT2D eigenvalue weighted by atomic mass is 10.2. The van der Waals surface area contributed by atoms with E-state index in [-0.39, 0.29) is 11.4 Å². The van der Waals surface area contributed by atoms with Gasteiger partial charge in [-0.3, -0.25) is 10.1 Å². The number of rotatable bonds is 4. The fourth-order valence-corrected chi connectivity index (χ4v) is 2.63. The van der Waals surface area contributed by atoms with Crippen molar-refractivity contribution in [3.63, 3.8) is 0 Å². The quantitative estimate of drug-likeness (QED) is 0.362. The van der Waals surface area contributed by atoms with Crippen LogP contribution in [-0.4, -0.2) is 4.92 Å². The molecule has 2 aromatic rings. The molecule has 20 heavy (non-hydrogen) atoms. The SMILES string of the molecule is O=[N+]([O-])c1cc(Br)ccc1Oc1c(Cl)cccc1CBr. The Balaban J connectivity index is 2.48. The summed E-state index contributed by atoms with van der Waals surface area (Å²) >= 11 is 12.6. The Morgan fingerprint density at radius 3 is 2.70 bits per heavy atom. The predicted molar refractivity (Wildman–Crippen MR) is 85.0 cm³/mol. The molecule has 0 saturated carbocycles. The van der Waals surface area contributed by atoms with Crippen LogP contribution in [0, 0.1) is 10.1 Å². The maximum absolute atomic E-state index is 11.1. The third-order valence-electron chi connectivity index (χ3n) is 2.52. The number of para-hydroxylation sites is 1. The average Bonchev–Trinajstić information content (AvgIpc) is 2.42. The number of hydrogen-bond acceptors (Lipinski definition) is 3. The van der Waals surface area contributed by atoms with Crippen LogP contribution in [0.2, 0.25) is 5.02 Å². The summed E-state index contributed by atoms with van der Waals surface area (Å²) in [4.78, 5) is 10.6. The summed E-state index contributed by atoms with van der Waals surface area (Å²) in [7, 11) is 0. The highest BCUT2D eigenvalue weighted by Crippen LogP contribution is 2.38. The van der Waals surface area contributed by atoms with Crippen molar-refractivity contribution in [3.8, 4) is 11.5 Å². The summed E-state index contributed by atoms with van der Waals surface area (Å²) < 4.78 is 6.26. The average molecular weight is 421 g/mol. The van der Waals surface area contributed by atoms with Crippen LogP contribution in [0.25, 0.3) is 0 Å². The van der Waals surface area contributed by atoms with Crippen molar-refractivity contribution in [1.29, 1.82) is 0 Å². The van der Waals surface area contributed by atoms with Gasteiger partial charge in [0.2, 0.25) is 5.75 Å². The number of nitro groups is 1. The fraction of sp³-hybridized carbons (Fsp3) is 0.0769. The van der Waals surface area contributed by atoms with Crippen LogP contribution in [0.1, 0.15) is 5.56 Å². The van der Waals surface area contributed by atoms with Gasteiger partial charge in [-0.05, 0) is 18.2 Å². The first-order valence-electron chi connectivity index (χ1n) is 5.48. The monoisotopic (exact) mass is 419 g/mol. The van der Waals surface area contributed by atoms with Gasteiger partial charge in [0.15, 0.2) is 0 Å². The number of benzene rings is 2. The molecule has 4 nitrogen and oxygen atoms in total. The Hall–Kier alpha value is -1.11. The predicted octanol–water partition coefficient (Wildman–Crippen LogP) is 5.70. The highest BCUT2D eigenvalue weighted by molar-refractivity contribution is 9.10. The Morgan fingerprint density at radius 2 is 2.05 bits per heavy atom. The summed E-state index contributed by atoms with van der Waals surface area (Å²) in [6.07, 6.45) is 0. The van der Waals surface area contributed by atoms with E-state index in [1.165, 1.54) is 12.1 Å². The maximum atomic E-state index is 11.1. The molecule has 7 heteroatoms. The van der Waals surface area contributed by atoms with Crippen LogP contribution < -0.4 is 4.74 Å². The van der Waals surface area contributed by atoms with E-state index < -0.39 is 4.92 Å². The molecule has 0 N–H and O–H groups in total. The van der Waals surface area contributed by atoms with Crippen molar-refractivity contribution >= 4 is 49.1 Å². The molecule has 0 amide bonds. The largest absolute Gasteiger partial charge is 0.448 e.